The fraction of sp³-hybridized carbons (Fsp3) is 0.704. The van der Waals surface area contributed by atoms with E-state index in [4.69, 9.17) is 5.10 Å². The number of carbonyl (C=O) groups is 1. The van der Waals surface area contributed by atoms with Gasteiger partial charge >= 0.3 is 0 Å². The van der Waals surface area contributed by atoms with Crippen molar-refractivity contribution in [1.29, 1.82) is 0 Å². The van der Waals surface area contributed by atoms with Gasteiger partial charge in [0.1, 0.15) is 12.0 Å². The third kappa shape index (κ3) is 4.67. The molecule has 34 heavy (non-hydrogen) atoms. The third-order valence-electron chi connectivity index (χ3n) is 8.17. The normalized spacial score (nSPS) is 32.4. The van der Waals surface area contributed by atoms with Crippen LogP contribution in [0, 0.1) is 43.4 Å². The molecule has 2 unspecified atom stereocenters. The Morgan fingerprint density at radius 1 is 1.24 bits per heavy atom. The minimum absolute atomic E-state index is 0.276. The van der Waals surface area contributed by atoms with Gasteiger partial charge in [-0.1, -0.05) is 31.5 Å². The molecule has 4 aliphatic rings. The minimum atomic E-state index is -2.84. The number of halogens is 2. The summed E-state index contributed by atoms with van der Waals surface area (Å²) in [5, 5.41) is 7.66. The smallest absolute Gasteiger partial charge is 0.249 e. The zero-order chi connectivity index (χ0) is 24.2. The van der Waals surface area contributed by atoms with Crippen molar-refractivity contribution in [3.05, 3.63) is 29.3 Å². The molecular formula is C27H38F2N4O. The fourth-order valence-electron chi connectivity index (χ4n) is 6.41. The van der Waals surface area contributed by atoms with Crippen molar-refractivity contribution >= 4 is 17.4 Å². The highest BCUT2D eigenvalue weighted by atomic mass is 19.3. The van der Waals surface area contributed by atoms with Gasteiger partial charge < -0.3 is 10.2 Å². The van der Waals surface area contributed by atoms with Crippen LogP contribution in [-0.2, 0) is 4.79 Å². The predicted molar refractivity (Wildman–Crippen MR) is 131 cm³/mol. The van der Waals surface area contributed by atoms with E-state index in [1.165, 1.54) is 6.42 Å². The number of amides is 1. The lowest BCUT2D eigenvalue weighted by Gasteiger charge is -2.41. The van der Waals surface area contributed by atoms with E-state index in [0.29, 0.717) is 23.6 Å². The van der Waals surface area contributed by atoms with E-state index < -0.39 is 24.2 Å². The molecule has 5 nitrogen and oxygen atoms in total. The molecule has 3 fully saturated rings. The third-order valence-corrected chi connectivity index (χ3v) is 8.17. The van der Waals surface area contributed by atoms with E-state index in [1.54, 1.807) is 0 Å². The molecule has 3 aliphatic carbocycles. The predicted octanol–water partition coefficient (Wildman–Crippen LogP) is 5.68. The Balaban J connectivity index is 1.31. The maximum Gasteiger partial charge on any atom is 0.249 e. The van der Waals surface area contributed by atoms with E-state index in [0.717, 1.165) is 48.6 Å². The van der Waals surface area contributed by atoms with E-state index in [9.17, 15) is 13.6 Å². The van der Waals surface area contributed by atoms with Crippen molar-refractivity contribution in [1.82, 2.24) is 10.3 Å². The summed E-state index contributed by atoms with van der Waals surface area (Å²) < 4.78 is 29.4. The molecular weight excluding hydrogens is 434 g/mol. The minimum Gasteiger partial charge on any atom is -0.334 e. The standard InChI is InChI=1S/C27H38F2N4O/c1-15(2)9-18-11-19(12-18)24-31-32-25(33(24)20-6-7-20)21-13-27(28,29)14-22(21)26(34)30-23-8-5-16(3)10-17(23)4/h5,8,10,15,18-22,25,32H,6-7,9,11-14H2,1-4H3,(H,30,34)/t18?,19?,21-,22?,25?/m0/s1. The number of amidine groups is 1. The number of nitrogens with zero attached hydrogens (tertiary/aromatic N) is 2. The largest absolute Gasteiger partial charge is 0.334 e. The summed E-state index contributed by atoms with van der Waals surface area (Å²) in [7, 11) is 0. The lowest BCUT2D eigenvalue weighted by Crippen LogP contribution is -2.51. The molecule has 0 spiro atoms. The van der Waals surface area contributed by atoms with Gasteiger partial charge in [0.25, 0.3) is 0 Å². The van der Waals surface area contributed by atoms with Crippen molar-refractivity contribution in [3.8, 4) is 0 Å². The highest BCUT2D eigenvalue weighted by molar-refractivity contribution is 5.94. The van der Waals surface area contributed by atoms with Crippen molar-refractivity contribution in [2.45, 2.75) is 90.8 Å². The van der Waals surface area contributed by atoms with Crippen LogP contribution in [0.2, 0.25) is 0 Å². The van der Waals surface area contributed by atoms with Crippen LogP contribution in [0.3, 0.4) is 0 Å². The number of nitrogens with one attached hydrogen (secondary N) is 2. The first kappa shape index (κ1) is 23.6. The van der Waals surface area contributed by atoms with Gasteiger partial charge in [-0.3, -0.25) is 10.2 Å². The first-order valence-electron chi connectivity index (χ1n) is 13.0. The number of alkyl halides is 2. The molecule has 0 radical (unpaired) electrons. The fourth-order valence-corrected chi connectivity index (χ4v) is 6.41. The van der Waals surface area contributed by atoms with E-state index in [1.807, 2.05) is 32.0 Å². The second-order valence-corrected chi connectivity index (χ2v) is 11.7. The number of hydrazone groups is 1. The molecule has 1 heterocycles. The van der Waals surface area contributed by atoms with Gasteiger partial charge in [-0.15, -0.1) is 0 Å². The van der Waals surface area contributed by atoms with Crippen LogP contribution in [0.1, 0.15) is 69.9 Å². The monoisotopic (exact) mass is 472 g/mol. The van der Waals surface area contributed by atoms with Gasteiger partial charge in [-0.25, -0.2) is 8.78 Å². The molecule has 186 valence electrons. The zero-order valence-electron chi connectivity index (χ0n) is 20.8. The zero-order valence-corrected chi connectivity index (χ0v) is 20.8. The summed E-state index contributed by atoms with van der Waals surface area (Å²) in [6, 6.07) is 6.15. The molecule has 0 aromatic heterocycles. The average molecular weight is 473 g/mol. The summed E-state index contributed by atoms with van der Waals surface area (Å²) in [6.07, 6.45) is 4.64. The summed E-state index contributed by atoms with van der Waals surface area (Å²) in [5.41, 5.74) is 5.98. The first-order valence-corrected chi connectivity index (χ1v) is 13.0. The van der Waals surface area contributed by atoms with E-state index in [2.05, 4.69) is 29.5 Å². The van der Waals surface area contributed by atoms with Crippen molar-refractivity contribution in [3.63, 3.8) is 0 Å². The summed E-state index contributed by atoms with van der Waals surface area (Å²) in [5.74, 6) is -1.48. The van der Waals surface area contributed by atoms with Gasteiger partial charge in [0.2, 0.25) is 11.8 Å². The second-order valence-electron chi connectivity index (χ2n) is 11.7. The molecule has 1 aromatic rings. The Morgan fingerprint density at radius 3 is 2.62 bits per heavy atom. The Hall–Kier alpha value is -2.18. The molecule has 0 saturated heterocycles. The molecule has 3 saturated carbocycles. The number of carbonyl (C=O) groups excluding carboxylic acids is 1. The lowest BCUT2D eigenvalue weighted by atomic mass is 9.70. The molecule has 1 amide bonds. The van der Waals surface area contributed by atoms with Gasteiger partial charge in [0.15, 0.2) is 0 Å². The molecule has 3 atom stereocenters. The number of anilines is 1. The second kappa shape index (κ2) is 8.80. The summed E-state index contributed by atoms with van der Waals surface area (Å²) in [6.45, 7) is 8.45. The number of hydrogen-bond acceptors (Lipinski definition) is 4. The van der Waals surface area contributed by atoms with Crippen LogP contribution in [0.5, 0.6) is 0 Å². The molecule has 2 N–H and O–H groups in total. The van der Waals surface area contributed by atoms with Crippen LogP contribution in [0.4, 0.5) is 14.5 Å². The van der Waals surface area contributed by atoms with Crippen molar-refractivity contribution in [2.24, 2.45) is 34.7 Å². The van der Waals surface area contributed by atoms with Gasteiger partial charge in [0, 0.05) is 36.4 Å². The van der Waals surface area contributed by atoms with Gasteiger partial charge in [0.05, 0.1) is 5.92 Å². The van der Waals surface area contributed by atoms with Gasteiger partial charge in [-0.2, -0.15) is 5.10 Å². The molecule has 1 aliphatic heterocycles. The highest BCUT2D eigenvalue weighted by Crippen LogP contribution is 2.49. The number of benzene rings is 1. The van der Waals surface area contributed by atoms with Crippen LogP contribution >= 0.6 is 0 Å². The SMILES string of the molecule is Cc1ccc(NC(=O)C2CC(F)(F)C[C@@H]2C2NN=C(C3CC(CC(C)C)C3)N2C2CC2)c(C)c1. The Bertz CT molecular complexity index is 967. The Labute approximate surface area is 201 Å². The Kier molecular flexibility index (Phi) is 6.09. The number of rotatable bonds is 7. The molecule has 1 aromatic carbocycles. The maximum absolute atomic E-state index is 14.7. The van der Waals surface area contributed by atoms with Crippen LogP contribution in [0.25, 0.3) is 0 Å². The lowest BCUT2D eigenvalue weighted by molar-refractivity contribution is -0.122. The van der Waals surface area contributed by atoms with Gasteiger partial charge in [-0.05, 0) is 69.4 Å². The quantitative estimate of drug-likeness (QED) is 0.537. The Morgan fingerprint density at radius 2 is 1.97 bits per heavy atom. The summed E-state index contributed by atoms with van der Waals surface area (Å²) in [4.78, 5) is 15.6. The van der Waals surface area contributed by atoms with Crippen molar-refractivity contribution < 1.29 is 13.6 Å². The van der Waals surface area contributed by atoms with E-state index in [-0.39, 0.29) is 18.5 Å². The average Bonchev–Trinajstić information content (AvgIpc) is 3.38. The van der Waals surface area contributed by atoms with Crippen LogP contribution < -0.4 is 10.7 Å². The maximum atomic E-state index is 14.7. The topological polar surface area (TPSA) is 56.7 Å². The van der Waals surface area contributed by atoms with E-state index >= 15 is 0 Å². The van der Waals surface area contributed by atoms with Crippen LogP contribution in [0.15, 0.2) is 23.3 Å². The highest BCUT2D eigenvalue weighted by Gasteiger charge is 2.56. The number of aryl methyl sites for hydroxylation is 2. The first-order chi connectivity index (χ1) is 16.1. The number of hydrogen-bond donors (Lipinski definition) is 2. The summed E-state index contributed by atoms with van der Waals surface area (Å²) >= 11 is 0. The molecule has 7 heteroatoms. The van der Waals surface area contributed by atoms with Crippen molar-refractivity contribution in [2.75, 3.05) is 5.32 Å². The molecule has 0 bridgehead atoms. The van der Waals surface area contributed by atoms with Crippen LogP contribution in [-0.4, -0.2) is 34.8 Å². The molecule has 5 rings (SSSR count).